The van der Waals surface area contributed by atoms with Crippen LogP contribution in [0.15, 0.2) is 28.8 Å². The van der Waals surface area contributed by atoms with E-state index in [1.165, 1.54) is 30.5 Å². The topological polar surface area (TPSA) is 55.3 Å². The number of fused-ring (bicyclic) bond motifs is 3. The Hall–Kier alpha value is -2.07. The van der Waals surface area contributed by atoms with E-state index in [0.717, 1.165) is 40.7 Å². The van der Waals surface area contributed by atoms with Crippen LogP contribution in [0.1, 0.15) is 43.4 Å². The maximum Gasteiger partial charge on any atom is 0.177 e. The molecule has 1 aliphatic rings. The second-order valence-electron chi connectivity index (χ2n) is 6.68. The normalized spacial score (nSPS) is 17.1. The molecule has 1 fully saturated rings. The van der Waals surface area contributed by atoms with Crippen LogP contribution in [-0.2, 0) is 0 Å². The van der Waals surface area contributed by atoms with E-state index in [1.54, 1.807) is 0 Å². The van der Waals surface area contributed by atoms with Gasteiger partial charge in [-0.2, -0.15) is 0 Å². The number of rotatable bonds is 2. The van der Waals surface area contributed by atoms with E-state index in [2.05, 4.69) is 35.0 Å². The number of hydrogen-bond donors (Lipinski definition) is 1. The first-order chi connectivity index (χ1) is 11.1. The van der Waals surface area contributed by atoms with Crippen molar-refractivity contribution in [2.24, 2.45) is 5.73 Å². The number of nitrogens with zero attached hydrogens (tertiary/aromatic N) is 2. The third kappa shape index (κ3) is 2.38. The van der Waals surface area contributed by atoms with E-state index in [1.807, 2.05) is 13.1 Å². The monoisotopic (exact) mass is 309 g/mol. The predicted molar refractivity (Wildman–Crippen MR) is 94.9 cm³/mol. The number of hydrogen-bond acceptors (Lipinski definition) is 4. The molecule has 0 saturated carbocycles. The summed E-state index contributed by atoms with van der Waals surface area (Å²) in [6.07, 6.45) is 5.70. The third-order valence-electron chi connectivity index (χ3n) is 4.79. The van der Waals surface area contributed by atoms with Crippen molar-refractivity contribution >= 4 is 27.8 Å². The number of furan rings is 1. The highest BCUT2D eigenvalue weighted by Crippen LogP contribution is 2.37. The van der Waals surface area contributed by atoms with Gasteiger partial charge < -0.3 is 15.1 Å². The highest BCUT2D eigenvalue weighted by atomic mass is 16.3. The van der Waals surface area contributed by atoms with Crippen LogP contribution in [0.2, 0.25) is 0 Å². The fraction of sp³-hybridized carbons (Fsp3) is 0.421. The summed E-state index contributed by atoms with van der Waals surface area (Å²) in [4.78, 5) is 7.03. The number of aryl methyl sites for hydroxylation is 1. The van der Waals surface area contributed by atoms with Crippen LogP contribution in [0, 0.1) is 6.92 Å². The Bertz CT molecular complexity index is 860. The van der Waals surface area contributed by atoms with Gasteiger partial charge in [-0.3, -0.25) is 4.98 Å². The molecule has 3 heterocycles. The quantitative estimate of drug-likeness (QED) is 0.767. The van der Waals surface area contributed by atoms with Gasteiger partial charge in [0.05, 0.1) is 5.69 Å². The van der Waals surface area contributed by atoms with E-state index < -0.39 is 0 Å². The van der Waals surface area contributed by atoms with Gasteiger partial charge in [0, 0.05) is 36.3 Å². The minimum Gasteiger partial charge on any atom is -0.452 e. The molecule has 0 spiro atoms. The minimum atomic E-state index is -0.0589. The molecule has 1 aromatic carbocycles. The fourth-order valence-electron chi connectivity index (χ4n) is 3.65. The van der Waals surface area contributed by atoms with Gasteiger partial charge in [-0.15, -0.1) is 0 Å². The van der Waals surface area contributed by atoms with Crippen molar-refractivity contribution in [2.45, 2.75) is 39.2 Å². The lowest BCUT2D eigenvalue weighted by molar-refractivity contribution is 0.573. The molecule has 3 aromatic rings. The average Bonchev–Trinajstić information content (AvgIpc) is 2.93. The van der Waals surface area contributed by atoms with Crippen molar-refractivity contribution < 1.29 is 4.42 Å². The zero-order valence-electron chi connectivity index (χ0n) is 13.8. The first kappa shape index (κ1) is 14.5. The molecule has 0 aliphatic carbocycles. The number of aromatic nitrogens is 1. The minimum absolute atomic E-state index is 0.0589. The molecule has 120 valence electrons. The summed E-state index contributed by atoms with van der Waals surface area (Å²) < 4.78 is 6.30. The Morgan fingerprint density at radius 2 is 1.96 bits per heavy atom. The summed E-state index contributed by atoms with van der Waals surface area (Å²) in [5.41, 5.74) is 12.3. The molecule has 4 heteroatoms. The summed E-state index contributed by atoms with van der Waals surface area (Å²) in [5, 5.41) is 1.08. The van der Waals surface area contributed by atoms with E-state index in [9.17, 15) is 0 Å². The van der Waals surface area contributed by atoms with Crippen LogP contribution < -0.4 is 10.6 Å². The SMILES string of the molecule is Cc1cc([C@@H](C)N)c2oc3c(N4CCCCC4)ccnc3c2c1. The summed E-state index contributed by atoms with van der Waals surface area (Å²) in [6, 6.07) is 6.29. The summed E-state index contributed by atoms with van der Waals surface area (Å²) >= 11 is 0. The average molecular weight is 309 g/mol. The molecule has 2 aromatic heterocycles. The lowest BCUT2D eigenvalue weighted by atomic mass is 10.0. The van der Waals surface area contributed by atoms with Crippen molar-refractivity contribution in [1.82, 2.24) is 4.98 Å². The van der Waals surface area contributed by atoms with Gasteiger partial charge in [0.1, 0.15) is 11.1 Å². The van der Waals surface area contributed by atoms with Gasteiger partial charge in [0.15, 0.2) is 5.58 Å². The number of piperidine rings is 1. The molecular weight excluding hydrogens is 286 g/mol. The lowest BCUT2D eigenvalue weighted by Gasteiger charge is -2.28. The number of anilines is 1. The Morgan fingerprint density at radius 1 is 1.17 bits per heavy atom. The van der Waals surface area contributed by atoms with Crippen molar-refractivity contribution in [2.75, 3.05) is 18.0 Å². The van der Waals surface area contributed by atoms with Crippen LogP contribution in [0.25, 0.3) is 22.1 Å². The van der Waals surface area contributed by atoms with E-state index >= 15 is 0 Å². The second kappa shape index (κ2) is 5.53. The van der Waals surface area contributed by atoms with Gasteiger partial charge >= 0.3 is 0 Å². The molecule has 0 unspecified atom stereocenters. The Balaban J connectivity index is 1.99. The summed E-state index contributed by atoms with van der Waals surface area (Å²) in [6.45, 7) is 6.28. The lowest BCUT2D eigenvalue weighted by Crippen LogP contribution is -2.29. The van der Waals surface area contributed by atoms with Crippen LogP contribution in [-0.4, -0.2) is 18.1 Å². The molecule has 1 saturated heterocycles. The molecule has 0 amide bonds. The highest BCUT2D eigenvalue weighted by molar-refractivity contribution is 6.07. The molecule has 23 heavy (non-hydrogen) atoms. The Labute approximate surface area is 136 Å². The maximum atomic E-state index is 6.30. The Kier molecular flexibility index (Phi) is 3.49. The highest BCUT2D eigenvalue weighted by Gasteiger charge is 2.20. The van der Waals surface area contributed by atoms with Gasteiger partial charge in [0.2, 0.25) is 0 Å². The van der Waals surface area contributed by atoms with Crippen LogP contribution in [0.4, 0.5) is 5.69 Å². The van der Waals surface area contributed by atoms with E-state index in [0.29, 0.717) is 0 Å². The molecule has 0 radical (unpaired) electrons. The zero-order valence-corrected chi connectivity index (χ0v) is 13.8. The largest absolute Gasteiger partial charge is 0.452 e. The van der Waals surface area contributed by atoms with Crippen molar-refractivity contribution in [3.63, 3.8) is 0 Å². The number of nitrogens with two attached hydrogens (primary N) is 1. The first-order valence-corrected chi connectivity index (χ1v) is 8.47. The molecule has 4 rings (SSSR count). The van der Waals surface area contributed by atoms with Crippen molar-refractivity contribution in [1.29, 1.82) is 0 Å². The van der Waals surface area contributed by atoms with Gasteiger partial charge in [-0.1, -0.05) is 6.07 Å². The molecule has 1 aliphatic heterocycles. The van der Waals surface area contributed by atoms with E-state index in [4.69, 9.17) is 10.2 Å². The molecule has 0 bridgehead atoms. The van der Waals surface area contributed by atoms with Crippen LogP contribution in [0.5, 0.6) is 0 Å². The molecule has 2 N–H and O–H groups in total. The zero-order chi connectivity index (χ0) is 16.0. The Morgan fingerprint density at radius 3 is 2.70 bits per heavy atom. The van der Waals surface area contributed by atoms with Crippen LogP contribution in [0.3, 0.4) is 0 Å². The second-order valence-corrected chi connectivity index (χ2v) is 6.68. The first-order valence-electron chi connectivity index (χ1n) is 8.47. The number of benzene rings is 1. The standard InChI is InChI=1S/C19H23N3O/c1-12-10-14(13(2)20)18-15(11-12)17-19(23-18)16(6-7-21-17)22-8-4-3-5-9-22/h6-7,10-11,13H,3-5,8-9,20H2,1-2H3/t13-/m1/s1. The molecular formula is C19H23N3O. The van der Waals surface area contributed by atoms with Crippen molar-refractivity contribution in [3.8, 4) is 0 Å². The summed E-state index contributed by atoms with van der Waals surface area (Å²) in [5.74, 6) is 0. The van der Waals surface area contributed by atoms with Crippen molar-refractivity contribution in [3.05, 3.63) is 35.5 Å². The molecule has 1 atom stereocenters. The fourth-order valence-corrected chi connectivity index (χ4v) is 3.65. The van der Waals surface area contributed by atoms with E-state index in [-0.39, 0.29) is 6.04 Å². The summed E-state index contributed by atoms with van der Waals surface area (Å²) in [7, 11) is 0. The smallest absolute Gasteiger partial charge is 0.177 e. The molecule has 4 nitrogen and oxygen atoms in total. The van der Waals surface area contributed by atoms with Gasteiger partial charge in [-0.05, 0) is 50.8 Å². The number of pyridine rings is 1. The van der Waals surface area contributed by atoms with Gasteiger partial charge in [-0.25, -0.2) is 0 Å². The maximum absolute atomic E-state index is 6.30. The van der Waals surface area contributed by atoms with Crippen LogP contribution >= 0.6 is 0 Å². The van der Waals surface area contributed by atoms with Gasteiger partial charge in [0.25, 0.3) is 0 Å². The predicted octanol–water partition coefficient (Wildman–Crippen LogP) is 4.30. The third-order valence-corrected chi connectivity index (χ3v) is 4.79.